The molecule has 1 atom stereocenters. The average molecular weight is 907 g/mol. The number of benzene rings is 2. The van der Waals surface area contributed by atoms with Gasteiger partial charge in [-0.2, -0.15) is 10.2 Å². The Kier molecular flexibility index (Phi) is 12.0. The molecule has 0 saturated carbocycles. The Balaban J connectivity index is 0.763. The molecule has 10 rings (SSSR count). The van der Waals surface area contributed by atoms with E-state index in [1.807, 2.05) is 29.2 Å². The Labute approximate surface area is 382 Å². The average Bonchev–Trinajstić information content (AvgIpc) is 4.00. The highest BCUT2D eigenvalue weighted by Gasteiger charge is 2.36. The zero-order valence-corrected chi connectivity index (χ0v) is 38.1. The maximum absolute atomic E-state index is 14.7. The van der Waals surface area contributed by atoms with E-state index >= 15 is 0 Å². The number of hydrogen-bond donors (Lipinski definition) is 2. The minimum Gasteiger partial charge on any atom is -0.383 e. The number of aromatic nitrogens is 6. The van der Waals surface area contributed by atoms with Crippen molar-refractivity contribution in [1.29, 1.82) is 0 Å². The van der Waals surface area contributed by atoms with Crippen LogP contribution in [0.2, 0.25) is 0 Å². The van der Waals surface area contributed by atoms with Crippen molar-refractivity contribution in [2.75, 3.05) is 69.1 Å². The second-order valence-corrected chi connectivity index (χ2v) is 19.0. The molecule has 18 heteroatoms. The first-order valence-electron chi connectivity index (χ1n) is 23.7. The predicted octanol–water partition coefficient (Wildman–Crippen LogP) is 5.30. The summed E-state index contributed by atoms with van der Waals surface area (Å²) in [5, 5.41) is 15.6. The fourth-order valence-corrected chi connectivity index (χ4v) is 11.2. The van der Waals surface area contributed by atoms with Crippen LogP contribution in [0.5, 0.6) is 0 Å². The van der Waals surface area contributed by atoms with Crippen LogP contribution in [0, 0.1) is 5.92 Å². The van der Waals surface area contributed by atoms with Gasteiger partial charge in [0, 0.05) is 114 Å². The van der Waals surface area contributed by atoms with Crippen LogP contribution >= 0.6 is 0 Å². The quantitative estimate of drug-likeness (QED) is 0.167. The van der Waals surface area contributed by atoms with Crippen LogP contribution in [-0.4, -0.2) is 120 Å². The number of imidazole rings is 1. The van der Waals surface area contributed by atoms with Crippen LogP contribution in [0.1, 0.15) is 92.8 Å². The van der Waals surface area contributed by atoms with Gasteiger partial charge in [0.1, 0.15) is 6.04 Å². The Morgan fingerprint density at radius 3 is 2.38 bits per heavy atom. The number of anilines is 3. The van der Waals surface area contributed by atoms with Crippen molar-refractivity contribution in [3.05, 3.63) is 75.6 Å². The molecule has 0 radical (unpaired) electrons. The first kappa shape index (κ1) is 44.0. The molecule has 3 aromatic heterocycles. The van der Waals surface area contributed by atoms with Gasteiger partial charge in [-0.05, 0) is 99.3 Å². The number of amides is 3. The van der Waals surface area contributed by atoms with Crippen molar-refractivity contribution in [3.63, 3.8) is 0 Å². The summed E-state index contributed by atoms with van der Waals surface area (Å²) >= 11 is 0. The zero-order valence-electron chi connectivity index (χ0n) is 38.1. The van der Waals surface area contributed by atoms with E-state index in [-0.39, 0.29) is 35.5 Å². The van der Waals surface area contributed by atoms with Gasteiger partial charge in [-0.15, -0.1) is 0 Å². The topological polar surface area (TPSA) is 151 Å². The number of hydrogen-bond acceptors (Lipinski definition) is 10. The minimum atomic E-state index is -2.66. The number of nitrogens with one attached hydrogen (secondary N) is 2. The van der Waals surface area contributed by atoms with Gasteiger partial charge in [-0.3, -0.25) is 38.2 Å². The lowest BCUT2D eigenvalue weighted by molar-refractivity contribution is -0.135. The maximum Gasteiger partial charge on any atom is 0.329 e. The lowest BCUT2D eigenvalue weighted by atomic mass is 9.92. The molecule has 0 spiro atoms. The summed E-state index contributed by atoms with van der Waals surface area (Å²) < 4.78 is 36.5. The number of piperidine rings is 3. The van der Waals surface area contributed by atoms with Crippen LogP contribution in [-0.2, 0) is 47.9 Å². The van der Waals surface area contributed by atoms with E-state index in [0.717, 1.165) is 124 Å². The molecular weight excluding hydrogens is 847 g/mol. The highest BCUT2D eigenvalue weighted by molar-refractivity contribution is 6.00. The Morgan fingerprint density at radius 2 is 1.68 bits per heavy atom. The van der Waals surface area contributed by atoms with E-state index < -0.39 is 18.4 Å². The number of nitrogens with zero attached hydrogens (tertiary/aromatic N) is 10. The molecule has 2 aromatic carbocycles. The van der Waals surface area contributed by atoms with Gasteiger partial charge in [0.05, 0.1) is 35.5 Å². The third-order valence-corrected chi connectivity index (χ3v) is 14.9. The molecule has 16 nitrogen and oxygen atoms in total. The number of imide groups is 1. The highest BCUT2D eigenvalue weighted by Crippen LogP contribution is 2.44. The number of rotatable bonds is 11. The maximum atomic E-state index is 14.7. The fourth-order valence-electron chi connectivity index (χ4n) is 11.2. The highest BCUT2D eigenvalue weighted by atomic mass is 19.3. The number of para-hydroxylation sites is 1. The second-order valence-electron chi connectivity index (χ2n) is 19.0. The van der Waals surface area contributed by atoms with Crippen molar-refractivity contribution in [1.82, 2.24) is 48.7 Å². The number of halogens is 2. The van der Waals surface area contributed by atoms with E-state index in [9.17, 15) is 28.0 Å². The number of fused-ring (bicyclic) bond motifs is 3. The second kappa shape index (κ2) is 18.1. The molecule has 3 fully saturated rings. The minimum absolute atomic E-state index is 0.0115. The number of likely N-dealkylation sites (tertiary alicyclic amines) is 2. The molecule has 2 N–H and O–H groups in total. The third kappa shape index (κ3) is 8.30. The molecule has 0 bridgehead atoms. The van der Waals surface area contributed by atoms with Crippen LogP contribution in [0.4, 0.5) is 26.0 Å². The van der Waals surface area contributed by atoms with Gasteiger partial charge in [-0.25, -0.2) is 13.6 Å². The lowest BCUT2D eigenvalue weighted by Gasteiger charge is -2.36. The number of carbonyl (C=O) groups excluding carboxylic acids is 3. The van der Waals surface area contributed by atoms with Gasteiger partial charge in [-0.1, -0.05) is 6.07 Å². The summed E-state index contributed by atoms with van der Waals surface area (Å²) in [7, 11) is 3.52. The molecule has 0 aliphatic carbocycles. The molecule has 8 heterocycles. The van der Waals surface area contributed by atoms with E-state index in [1.54, 1.807) is 48.7 Å². The molecule has 66 heavy (non-hydrogen) atoms. The van der Waals surface area contributed by atoms with Gasteiger partial charge < -0.3 is 24.9 Å². The molecule has 3 saturated heterocycles. The standard InChI is InChI=1S/C48H60F2N12O4/c1-30(63)59-21-15-39-37(29-59)46(60-16-5-6-32-24-35(33-27-52-55(2)28-33)36(45(49)50)25-42(32)60)54-62(39)34-13-19-58(20-14-34)23-22-57-17-11-31(12-18-57)26-51-38-7-4-8-40-44(38)56(3)48(66)61(40)41-9-10-43(64)53-47(41)65/h4,7-8,24-25,27-28,31,34,41,45,51H,5-6,9-23,26,29H2,1-3H3,(H,53,64,65). The fraction of sp³-hybridized carbons (Fsp3) is 0.542. The monoisotopic (exact) mass is 906 g/mol. The van der Waals surface area contributed by atoms with Gasteiger partial charge in [0.15, 0.2) is 5.82 Å². The molecular formula is C48H60F2N12O4. The summed E-state index contributed by atoms with van der Waals surface area (Å²) in [5.74, 6) is 0.563. The SMILES string of the molecule is CC(=O)N1CCc2c(c(N3CCCc4cc(-c5cnn(C)c5)c(C(F)F)cc43)nn2C2CCN(CCN3CCC(CNc4cccc5c4n(C)c(=O)n5C4CCC(=O)NC4=O)CC3)CC2)C1. The van der Waals surface area contributed by atoms with Crippen molar-refractivity contribution >= 4 is 45.9 Å². The Bertz CT molecular complexity index is 2720. The van der Waals surface area contributed by atoms with Crippen molar-refractivity contribution < 1.29 is 23.2 Å². The summed E-state index contributed by atoms with van der Waals surface area (Å²) in [5.41, 5.74) is 7.21. The van der Waals surface area contributed by atoms with E-state index in [4.69, 9.17) is 5.10 Å². The van der Waals surface area contributed by atoms with Crippen LogP contribution in [0.25, 0.3) is 22.2 Å². The van der Waals surface area contributed by atoms with Gasteiger partial charge in [0.25, 0.3) is 6.43 Å². The summed E-state index contributed by atoms with van der Waals surface area (Å²) in [4.78, 5) is 59.7. The normalized spacial score (nSPS) is 20.3. The third-order valence-electron chi connectivity index (χ3n) is 14.9. The number of alkyl halides is 2. The molecule has 5 aliphatic heterocycles. The Morgan fingerprint density at radius 1 is 0.924 bits per heavy atom. The van der Waals surface area contributed by atoms with E-state index in [0.29, 0.717) is 55.0 Å². The predicted molar refractivity (Wildman–Crippen MR) is 247 cm³/mol. The zero-order chi connectivity index (χ0) is 45.8. The van der Waals surface area contributed by atoms with E-state index in [2.05, 4.69) is 35.1 Å². The van der Waals surface area contributed by atoms with Crippen LogP contribution in [0.3, 0.4) is 0 Å². The first-order valence-corrected chi connectivity index (χ1v) is 23.7. The molecule has 1 unspecified atom stereocenters. The number of carbonyl (C=O) groups is 3. The van der Waals surface area contributed by atoms with Crippen molar-refractivity contribution in [2.45, 2.75) is 89.8 Å². The lowest BCUT2D eigenvalue weighted by Crippen LogP contribution is -2.44. The summed E-state index contributed by atoms with van der Waals surface area (Å²) in [6, 6.07) is 8.84. The molecule has 350 valence electrons. The molecule has 5 aromatic rings. The van der Waals surface area contributed by atoms with Crippen LogP contribution in [0.15, 0.2) is 47.5 Å². The smallest absolute Gasteiger partial charge is 0.329 e. The van der Waals surface area contributed by atoms with Crippen molar-refractivity contribution in [3.8, 4) is 11.1 Å². The van der Waals surface area contributed by atoms with Gasteiger partial charge >= 0.3 is 5.69 Å². The number of aryl methyl sites for hydroxylation is 3. The molecule has 3 amide bonds. The summed E-state index contributed by atoms with van der Waals surface area (Å²) in [6.07, 6.45) is 7.72. The van der Waals surface area contributed by atoms with E-state index in [1.165, 1.54) is 4.57 Å². The molecule has 5 aliphatic rings. The largest absolute Gasteiger partial charge is 0.383 e. The Hall–Kier alpha value is -5.88. The van der Waals surface area contributed by atoms with Crippen LogP contribution < -0.4 is 21.2 Å². The van der Waals surface area contributed by atoms with Gasteiger partial charge in [0.2, 0.25) is 17.7 Å². The van der Waals surface area contributed by atoms with Crippen molar-refractivity contribution in [2.24, 2.45) is 20.0 Å². The first-order chi connectivity index (χ1) is 31.9. The summed E-state index contributed by atoms with van der Waals surface area (Å²) in [6.45, 7) is 10.2.